The Hall–Kier alpha value is -0.730. The third-order valence-corrected chi connectivity index (χ3v) is 2.74. The van der Waals surface area contributed by atoms with Crippen LogP contribution in [0, 0.1) is 5.41 Å². The number of nitrogens with zero attached hydrogens (tertiary/aromatic N) is 1. The second kappa shape index (κ2) is 6.15. The van der Waals surface area contributed by atoms with E-state index in [1.807, 2.05) is 19.0 Å². The highest BCUT2D eigenvalue weighted by Gasteiger charge is 2.58. The lowest BCUT2D eigenvalue weighted by Gasteiger charge is -2.41. The van der Waals surface area contributed by atoms with Crippen molar-refractivity contribution in [2.45, 2.75) is 45.4 Å². The van der Waals surface area contributed by atoms with Gasteiger partial charge in [-0.25, -0.2) is 0 Å². The minimum absolute atomic E-state index is 0.0543. The van der Waals surface area contributed by atoms with Crippen LogP contribution in [0.4, 0.5) is 0 Å². The van der Waals surface area contributed by atoms with Crippen molar-refractivity contribution in [1.82, 2.24) is 4.90 Å². The smallest absolute Gasteiger partial charge is 0.382 e. The largest absolute Gasteiger partial charge is 0.404 e. The molecule has 0 aliphatic rings. The second-order valence-corrected chi connectivity index (χ2v) is 5.91. The van der Waals surface area contributed by atoms with E-state index in [1.54, 1.807) is 0 Å². The van der Waals surface area contributed by atoms with Crippen LogP contribution in [0.15, 0.2) is 0 Å². The highest BCUT2D eigenvalue weighted by molar-refractivity contribution is 5.69. The maximum atomic E-state index is 11.4. The van der Waals surface area contributed by atoms with E-state index in [0.717, 1.165) is 0 Å². The summed E-state index contributed by atoms with van der Waals surface area (Å²) in [6, 6.07) is 0. The zero-order chi connectivity index (χ0) is 15.5. The average Bonchev–Trinajstić information content (AvgIpc) is 2.13. The van der Waals surface area contributed by atoms with Crippen LogP contribution in [0.1, 0.15) is 33.6 Å². The van der Waals surface area contributed by atoms with Crippen molar-refractivity contribution < 1.29 is 30.0 Å². The van der Waals surface area contributed by atoms with Gasteiger partial charge in [-0.3, -0.25) is 4.79 Å². The molecular formula is C12H25NO6. The van der Waals surface area contributed by atoms with Crippen LogP contribution in [0.25, 0.3) is 0 Å². The third-order valence-electron chi connectivity index (χ3n) is 2.74. The number of carbonyl (C=O) groups excluding carboxylic acids is 1. The quantitative estimate of drug-likeness (QED) is 0.373. The zero-order valence-electron chi connectivity index (χ0n) is 12.2. The molecule has 19 heavy (non-hydrogen) atoms. The van der Waals surface area contributed by atoms with Crippen molar-refractivity contribution >= 4 is 5.97 Å². The van der Waals surface area contributed by atoms with E-state index in [9.17, 15) is 25.2 Å². The summed E-state index contributed by atoms with van der Waals surface area (Å²) < 4.78 is 4.36. The first-order chi connectivity index (χ1) is 8.31. The zero-order valence-corrected chi connectivity index (χ0v) is 12.2. The lowest BCUT2D eigenvalue weighted by molar-refractivity contribution is -0.468. The molecule has 0 saturated carbocycles. The molecule has 114 valence electrons. The number of hydrogen-bond donors (Lipinski definition) is 4. The molecule has 0 saturated heterocycles. The lowest BCUT2D eigenvalue weighted by Crippen LogP contribution is -2.63. The minimum Gasteiger partial charge on any atom is -0.404 e. The fourth-order valence-corrected chi connectivity index (χ4v) is 1.31. The Morgan fingerprint density at radius 2 is 1.58 bits per heavy atom. The Kier molecular flexibility index (Phi) is 5.91. The SMILES string of the molecule is CN(C)CCCC(=O)OC(O)(O)C(O)(O)C(C)(C)C. The molecule has 0 spiro atoms. The predicted octanol–water partition coefficient (Wildman–Crippen LogP) is -0.763. The average molecular weight is 279 g/mol. The number of ether oxygens (including phenoxy) is 1. The van der Waals surface area contributed by atoms with Gasteiger partial charge in [0.05, 0.1) is 0 Å². The first kappa shape index (κ1) is 18.3. The molecule has 0 unspecified atom stereocenters. The molecule has 0 aromatic rings. The molecule has 0 aliphatic carbocycles. The van der Waals surface area contributed by atoms with Gasteiger partial charge in [-0.15, -0.1) is 0 Å². The van der Waals surface area contributed by atoms with Crippen LogP contribution in [0.3, 0.4) is 0 Å². The summed E-state index contributed by atoms with van der Waals surface area (Å²) in [6.07, 6.45) is 0.405. The molecule has 0 rings (SSSR count). The standard InChI is InChI=1S/C12H25NO6/c1-10(2,3)11(15,16)12(17,18)19-9(14)7-6-8-13(4)5/h15-18H,6-8H2,1-5H3. The van der Waals surface area contributed by atoms with E-state index in [2.05, 4.69) is 4.74 Å². The van der Waals surface area contributed by atoms with Crippen molar-refractivity contribution in [1.29, 1.82) is 0 Å². The van der Waals surface area contributed by atoms with Gasteiger partial charge in [-0.1, -0.05) is 20.8 Å². The summed E-state index contributed by atoms with van der Waals surface area (Å²) in [5.41, 5.74) is -1.32. The molecule has 0 amide bonds. The van der Waals surface area contributed by atoms with Crippen LogP contribution < -0.4 is 0 Å². The maximum Gasteiger partial charge on any atom is 0.382 e. The normalized spacial score (nSPS) is 13.8. The molecule has 0 aromatic heterocycles. The Bertz CT molecular complexity index is 306. The highest BCUT2D eigenvalue weighted by Crippen LogP contribution is 2.36. The molecule has 0 radical (unpaired) electrons. The number of hydrogen-bond acceptors (Lipinski definition) is 7. The predicted molar refractivity (Wildman–Crippen MR) is 67.7 cm³/mol. The Labute approximate surface area is 113 Å². The summed E-state index contributed by atoms with van der Waals surface area (Å²) >= 11 is 0. The Morgan fingerprint density at radius 3 is 1.95 bits per heavy atom. The van der Waals surface area contributed by atoms with Crippen LogP contribution in [0.5, 0.6) is 0 Å². The monoisotopic (exact) mass is 279 g/mol. The van der Waals surface area contributed by atoms with Crippen molar-refractivity contribution in [3.05, 3.63) is 0 Å². The van der Waals surface area contributed by atoms with E-state index in [-0.39, 0.29) is 6.42 Å². The molecule has 0 atom stereocenters. The molecule has 7 nitrogen and oxygen atoms in total. The third kappa shape index (κ3) is 5.04. The van der Waals surface area contributed by atoms with Crippen LogP contribution >= 0.6 is 0 Å². The molecule has 4 N–H and O–H groups in total. The van der Waals surface area contributed by atoms with Crippen molar-refractivity contribution in [3.8, 4) is 0 Å². The highest BCUT2D eigenvalue weighted by atomic mass is 16.8. The van der Waals surface area contributed by atoms with E-state index in [4.69, 9.17) is 0 Å². The number of rotatable bonds is 6. The second-order valence-electron chi connectivity index (χ2n) is 5.91. The van der Waals surface area contributed by atoms with Crippen molar-refractivity contribution in [3.63, 3.8) is 0 Å². The first-order valence-electron chi connectivity index (χ1n) is 6.07. The topological polar surface area (TPSA) is 110 Å². The molecule has 0 aromatic carbocycles. The molecule has 0 fully saturated rings. The number of carbonyl (C=O) groups is 1. The fraction of sp³-hybridized carbons (Fsp3) is 0.917. The number of aliphatic hydroxyl groups is 4. The van der Waals surface area contributed by atoms with Gasteiger partial charge < -0.3 is 30.1 Å². The first-order valence-corrected chi connectivity index (χ1v) is 6.07. The summed E-state index contributed by atoms with van der Waals surface area (Å²) in [5, 5.41) is 38.5. The van der Waals surface area contributed by atoms with E-state index in [1.165, 1.54) is 20.8 Å². The molecule has 0 heterocycles. The summed E-state index contributed by atoms with van der Waals surface area (Å²) in [4.78, 5) is 13.3. The van der Waals surface area contributed by atoms with Gasteiger partial charge in [0.1, 0.15) is 0 Å². The summed E-state index contributed by atoms with van der Waals surface area (Å²) in [7, 11) is 3.67. The minimum atomic E-state index is -3.36. The van der Waals surface area contributed by atoms with Gasteiger partial charge in [0.2, 0.25) is 0 Å². The fourth-order valence-electron chi connectivity index (χ4n) is 1.31. The Morgan fingerprint density at radius 1 is 1.11 bits per heavy atom. The van der Waals surface area contributed by atoms with E-state index in [0.29, 0.717) is 13.0 Å². The maximum absolute atomic E-state index is 11.4. The van der Waals surface area contributed by atoms with E-state index >= 15 is 0 Å². The van der Waals surface area contributed by atoms with Crippen molar-refractivity contribution in [2.75, 3.05) is 20.6 Å². The van der Waals surface area contributed by atoms with Gasteiger partial charge >= 0.3 is 11.9 Å². The molecular weight excluding hydrogens is 254 g/mol. The number of esters is 1. The molecule has 0 aliphatic heterocycles. The lowest BCUT2D eigenvalue weighted by atomic mass is 9.84. The van der Waals surface area contributed by atoms with Gasteiger partial charge in [-0.2, -0.15) is 0 Å². The van der Waals surface area contributed by atoms with Crippen molar-refractivity contribution in [2.24, 2.45) is 5.41 Å². The van der Waals surface area contributed by atoms with Gasteiger partial charge in [0.15, 0.2) is 0 Å². The molecule has 0 bridgehead atoms. The summed E-state index contributed by atoms with van der Waals surface area (Å²) in [5.74, 6) is -7.26. The van der Waals surface area contributed by atoms with Gasteiger partial charge in [0.25, 0.3) is 5.79 Å². The summed E-state index contributed by atoms with van der Waals surface area (Å²) in [6.45, 7) is 4.73. The van der Waals surface area contributed by atoms with E-state index < -0.39 is 23.1 Å². The van der Waals surface area contributed by atoms with Crippen LogP contribution in [-0.4, -0.2) is 63.7 Å². The van der Waals surface area contributed by atoms with Gasteiger partial charge in [0, 0.05) is 11.8 Å². The molecule has 7 heteroatoms. The van der Waals surface area contributed by atoms with Crippen LogP contribution in [0.2, 0.25) is 0 Å². The van der Waals surface area contributed by atoms with Crippen LogP contribution in [-0.2, 0) is 9.53 Å². The van der Waals surface area contributed by atoms with Gasteiger partial charge in [-0.05, 0) is 27.1 Å². The Balaban J connectivity index is 4.56.